The van der Waals surface area contributed by atoms with Crippen LogP contribution in [0.1, 0.15) is 28.4 Å². The lowest BCUT2D eigenvalue weighted by Gasteiger charge is -2.11. The van der Waals surface area contributed by atoms with Crippen molar-refractivity contribution in [1.29, 1.82) is 0 Å². The second-order valence-electron chi connectivity index (χ2n) is 4.75. The molecule has 1 aromatic carbocycles. The smallest absolute Gasteiger partial charge is 0.258 e. The van der Waals surface area contributed by atoms with Crippen molar-refractivity contribution < 1.29 is 4.79 Å². The molecule has 0 fully saturated rings. The van der Waals surface area contributed by atoms with Gasteiger partial charge in [0.15, 0.2) is 0 Å². The Kier molecular flexibility index (Phi) is 4.35. The first-order chi connectivity index (χ1) is 9.60. The molecule has 0 saturated carbocycles. The molecule has 0 aliphatic rings. The molecule has 0 aliphatic carbocycles. The molecule has 1 aromatic heterocycles. The Labute approximate surface area is 119 Å². The first-order valence-corrected chi connectivity index (χ1v) is 6.68. The maximum absolute atomic E-state index is 12.4. The summed E-state index contributed by atoms with van der Waals surface area (Å²) >= 11 is 0. The average Bonchev–Trinajstić information content (AvgIpc) is 2.43. The average molecular weight is 269 g/mol. The zero-order chi connectivity index (χ0) is 14.5. The van der Waals surface area contributed by atoms with Gasteiger partial charge in [-0.1, -0.05) is 17.7 Å². The Hall–Kier alpha value is -2.36. The second kappa shape index (κ2) is 6.19. The summed E-state index contributed by atoms with van der Waals surface area (Å²) in [6.07, 6.45) is 1.73. The van der Waals surface area contributed by atoms with E-state index in [-0.39, 0.29) is 5.91 Å². The molecule has 4 heteroatoms. The molecule has 0 bridgehead atoms. The van der Waals surface area contributed by atoms with E-state index in [9.17, 15) is 4.79 Å². The fourth-order valence-corrected chi connectivity index (χ4v) is 1.92. The highest BCUT2D eigenvalue weighted by Gasteiger charge is 2.12. The zero-order valence-corrected chi connectivity index (χ0v) is 12.0. The van der Waals surface area contributed by atoms with Crippen LogP contribution in [0.3, 0.4) is 0 Å². The third kappa shape index (κ3) is 3.35. The van der Waals surface area contributed by atoms with Gasteiger partial charge in [0.2, 0.25) is 0 Å². The highest BCUT2D eigenvalue weighted by atomic mass is 16.1. The third-order valence-electron chi connectivity index (χ3n) is 2.94. The summed E-state index contributed by atoms with van der Waals surface area (Å²) in [4.78, 5) is 16.5. The van der Waals surface area contributed by atoms with Crippen LogP contribution in [0, 0.1) is 13.8 Å². The van der Waals surface area contributed by atoms with E-state index in [0.717, 1.165) is 23.4 Å². The normalized spacial score (nSPS) is 10.2. The van der Waals surface area contributed by atoms with Crippen molar-refractivity contribution in [2.24, 2.45) is 0 Å². The molecule has 0 spiro atoms. The summed E-state index contributed by atoms with van der Waals surface area (Å²) in [5, 5.41) is 6.02. The van der Waals surface area contributed by atoms with E-state index in [0.29, 0.717) is 11.4 Å². The molecule has 2 rings (SSSR count). The number of nitrogens with one attached hydrogen (secondary N) is 2. The van der Waals surface area contributed by atoms with Gasteiger partial charge in [-0.15, -0.1) is 0 Å². The predicted molar refractivity (Wildman–Crippen MR) is 82.3 cm³/mol. The Balaban J connectivity index is 2.23. The van der Waals surface area contributed by atoms with Crippen molar-refractivity contribution in [2.75, 3.05) is 17.2 Å². The summed E-state index contributed by atoms with van der Waals surface area (Å²) in [5.74, 6) is 0.408. The maximum atomic E-state index is 12.4. The zero-order valence-electron chi connectivity index (χ0n) is 12.0. The fraction of sp³-hybridized carbons (Fsp3) is 0.250. The highest BCUT2D eigenvalue weighted by Crippen LogP contribution is 2.18. The van der Waals surface area contributed by atoms with Gasteiger partial charge in [0.1, 0.15) is 5.82 Å². The summed E-state index contributed by atoms with van der Waals surface area (Å²) < 4.78 is 0. The molecule has 4 nitrogen and oxygen atoms in total. The quantitative estimate of drug-likeness (QED) is 0.894. The molecule has 1 heterocycles. The number of hydrogen-bond donors (Lipinski definition) is 2. The number of anilines is 2. The molecule has 104 valence electrons. The van der Waals surface area contributed by atoms with Gasteiger partial charge >= 0.3 is 0 Å². The van der Waals surface area contributed by atoms with Crippen LogP contribution >= 0.6 is 0 Å². The molecule has 0 unspecified atom stereocenters. The van der Waals surface area contributed by atoms with Crippen molar-refractivity contribution in [1.82, 2.24) is 4.98 Å². The number of aromatic nitrogens is 1. The minimum absolute atomic E-state index is 0.152. The number of aryl methyl sites for hydroxylation is 2. The lowest BCUT2D eigenvalue weighted by atomic mass is 10.1. The highest BCUT2D eigenvalue weighted by molar-refractivity contribution is 6.07. The largest absolute Gasteiger partial charge is 0.385 e. The van der Waals surface area contributed by atoms with E-state index in [1.165, 1.54) is 0 Å². The number of carbonyl (C=O) groups is 1. The van der Waals surface area contributed by atoms with Crippen LogP contribution in [0.25, 0.3) is 0 Å². The first-order valence-electron chi connectivity index (χ1n) is 6.68. The molecule has 0 atom stereocenters. The van der Waals surface area contributed by atoms with E-state index in [4.69, 9.17) is 0 Å². The summed E-state index contributed by atoms with van der Waals surface area (Å²) in [7, 11) is 0. The van der Waals surface area contributed by atoms with Crippen molar-refractivity contribution in [3.05, 3.63) is 53.2 Å². The van der Waals surface area contributed by atoms with Gasteiger partial charge in [-0.2, -0.15) is 0 Å². The maximum Gasteiger partial charge on any atom is 0.258 e. The van der Waals surface area contributed by atoms with E-state index < -0.39 is 0 Å². The van der Waals surface area contributed by atoms with Crippen molar-refractivity contribution >= 4 is 17.4 Å². The van der Waals surface area contributed by atoms with E-state index >= 15 is 0 Å². The number of rotatable bonds is 4. The molecule has 0 radical (unpaired) electrons. The van der Waals surface area contributed by atoms with Gasteiger partial charge in [-0.25, -0.2) is 4.98 Å². The van der Waals surface area contributed by atoms with Crippen molar-refractivity contribution in [2.45, 2.75) is 20.8 Å². The number of benzene rings is 1. The lowest BCUT2D eigenvalue weighted by molar-refractivity contribution is 0.102. The SMILES string of the molecule is CCNc1ccc(C)cc1C(=O)Nc1ccc(C)cn1. The van der Waals surface area contributed by atoms with Gasteiger partial charge in [-0.05, 0) is 44.5 Å². The van der Waals surface area contributed by atoms with E-state index in [1.54, 1.807) is 12.3 Å². The van der Waals surface area contributed by atoms with Crippen LogP contribution in [-0.2, 0) is 0 Å². The molecule has 20 heavy (non-hydrogen) atoms. The number of nitrogens with zero attached hydrogens (tertiary/aromatic N) is 1. The van der Waals surface area contributed by atoms with Gasteiger partial charge in [0.25, 0.3) is 5.91 Å². The molecule has 0 saturated heterocycles. The number of amides is 1. The molecule has 2 aromatic rings. The molecular formula is C16H19N3O. The van der Waals surface area contributed by atoms with Crippen LogP contribution in [0.5, 0.6) is 0 Å². The standard InChI is InChI=1S/C16H19N3O/c1-4-17-14-7-5-11(2)9-13(14)16(20)19-15-8-6-12(3)10-18-15/h5-10,17H,4H2,1-3H3,(H,18,19,20). The monoisotopic (exact) mass is 269 g/mol. The third-order valence-corrected chi connectivity index (χ3v) is 2.94. The molecular weight excluding hydrogens is 250 g/mol. The summed E-state index contributed by atoms with van der Waals surface area (Å²) in [6.45, 7) is 6.70. The van der Waals surface area contributed by atoms with Gasteiger partial charge in [0, 0.05) is 18.4 Å². The Morgan fingerprint density at radius 1 is 1.15 bits per heavy atom. The fourth-order valence-electron chi connectivity index (χ4n) is 1.92. The van der Waals surface area contributed by atoms with Gasteiger partial charge in [-0.3, -0.25) is 4.79 Å². The number of carbonyl (C=O) groups excluding carboxylic acids is 1. The Bertz CT molecular complexity index is 606. The minimum Gasteiger partial charge on any atom is -0.385 e. The van der Waals surface area contributed by atoms with E-state index in [2.05, 4.69) is 15.6 Å². The first kappa shape index (κ1) is 14.1. The van der Waals surface area contributed by atoms with Gasteiger partial charge in [0.05, 0.1) is 5.56 Å². The van der Waals surface area contributed by atoms with Crippen LogP contribution in [0.4, 0.5) is 11.5 Å². The number of hydrogen-bond acceptors (Lipinski definition) is 3. The van der Waals surface area contributed by atoms with Crippen molar-refractivity contribution in [3.63, 3.8) is 0 Å². The minimum atomic E-state index is -0.152. The van der Waals surface area contributed by atoms with Crippen LogP contribution < -0.4 is 10.6 Å². The molecule has 0 aliphatic heterocycles. The Morgan fingerprint density at radius 2 is 1.90 bits per heavy atom. The molecule has 1 amide bonds. The van der Waals surface area contributed by atoms with E-state index in [1.807, 2.05) is 45.0 Å². The second-order valence-corrected chi connectivity index (χ2v) is 4.75. The van der Waals surface area contributed by atoms with Crippen molar-refractivity contribution in [3.8, 4) is 0 Å². The number of pyridine rings is 1. The molecule has 2 N–H and O–H groups in total. The predicted octanol–water partition coefficient (Wildman–Crippen LogP) is 3.38. The van der Waals surface area contributed by atoms with Gasteiger partial charge < -0.3 is 10.6 Å². The summed E-state index contributed by atoms with van der Waals surface area (Å²) in [5.41, 5.74) is 3.58. The summed E-state index contributed by atoms with van der Waals surface area (Å²) in [6, 6.07) is 9.51. The topological polar surface area (TPSA) is 54.0 Å². The van der Waals surface area contributed by atoms with Crippen LogP contribution in [0.15, 0.2) is 36.5 Å². The Morgan fingerprint density at radius 3 is 2.55 bits per heavy atom. The lowest BCUT2D eigenvalue weighted by Crippen LogP contribution is -2.15. The van der Waals surface area contributed by atoms with Crippen LogP contribution in [0.2, 0.25) is 0 Å². The van der Waals surface area contributed by atoms with Crippen LogP contribution in [-0.4, -0.2) is 17.4 Å².